The predicted octanol–water partition coefficient (Wildman–Crippen LogP) is 3.43. The number of halogens is 1. The number of aromatic amines is 1. The highest BCUT2D eigenvalue weighted by atomic mass is 35.5. The maximum atomic E-state index is 12.5. The zero-order chi connectivity index (χ0) is 16.9. The van der Waals surface area contributed by atoms with Gasteiger partial charge in [-0.1, -0.05) is 54.1 Å². The Morgan fingerprint density at radius 3 is 2.58 bits per heavy atom. The zero-order valence-electron chi connectivity index (χ0n) is 12.5. The molecule has 1 aromatic heterocycles. The number of nitrogens with one attached hydrogen (secondary N) is 1. The molecule has 0 atom stereocenters. The van der Waals surface area contributed by atoms with Gasteiger partial charge in [0.15, 0.2) is 0 Å². The van der Waals surface area contributed by atoms with Crippen molar-refractivity contribution in [2.24, 2.45) is 5.10 Å². The van der Waals surface area contributed by atoms with Gasteiger partial charge in [-0.3, -0.25) is 9.89 Å². The molecule has 0 unspecified atom stereocenters. The van der Waals surface area contributed by atoms with Gasteiger partial charge in [-0.05, 0) is 35.5 Å². The molecule has 0 aliphatic rings. The van der Waals surface area contributed by atoms with Crippen molar-refractivity contribution in [2.75, 3.05) is 0 Å². The van der Waals surface area contributed by atoms with E-state index in [-0.39, 0.29) is 10.3 Å². The lowest BCUT2D eigenvalue weighted by Crippen LogP contribution is -2.25. The minimum atomic E-state index is -0.340. The highest BCUT2D eigenvalue weighted by molar-refractivity contribution is 7.71. The van der Waals surface area contributed by atoms with Crippen molar-refractivity contribution in [1.29, 1.82) is 0 Å². The molecule has 3 aromatic rings. The molecule has 1 heterocycles. The highest BCUT2D eigenvalue weighted by Crippen LogP contribution is 2.08. The van der Waals surface area contributed by atoms with Gasteiger partial charge in [0.25, 0.3) is 5.56 Å². The maximum Gasteiger partial charge on any atom is 0.297 e. The van der Waals surface area contributed by atoms with E-state index in [2.05, 4.69) is 15.3 Å². The molecular formula is C17H13ClN4OS. The number of nitrogens with zero attached hydrogens (tertiary/aromatic N) is 3. The van der Waals surface area contributed by atoms with Crippen LogP contribution in [0.5, 0.6) is 0 Å². The van der Waals surface area contributed by atoms with E-state index in [9.17, 15) is 4.79 Å². The van der Waals surface area contributed by atoms with Gasteiger partial charge >= 0.3 is 0 Å². The Hall–Kier alpha value is -2.57. The van der Waals surface area contributed by atoms with Crippen LogP contribution in [0.1, 0.15) is 16.8 Å². The number of rotatable bonds is 4. The number of hydrogen-bond acceptors (Lipinski definition) is 4. The van der Waals surface area contributed by atoms with E-state index in [4.69, 9.17) is 23.8 Å². The van der Waals surface area contributed by atoms with Crippen LogP contribution < -0.4 is 5.56 Å². The normalized spacial score (nSPS) is 11.0. The van der Waals surface area contributed by atoms with Gasteiger partial charge in [-0.25, -0.2) is 0 Å². The monoisotopic (exact) mass is 356 g/mol. The standard InChI is InChI=1S/C17H13ClN4OS/c18-14-8-6-13(7-9-14)11-19-22-16(23)15(20-21-17(22)24)10-12-4-2-1-3-5-12/h1-9,11H,10H2,(H,21,24)/b19-11+. The number of H-pyrrole nitrogens is 1. The SMILES string of the molecule is O=c1c(Cc2ccccc2)n[nH]c(=S)n1/N=C/c1ccc(Cl)cc1. The summed E-state index contributed by atoms with van der Waals surface area (Å²) in [6.07, 6.45) is 1.95. The molecule has 0 radical (unpaired) electrons. The minimum absolute atomic E-state index is 0.141. The molecule has 0 fully saturated rings. The Morgan fingerprint density at radius 2 is 1.88 bits per heavy atom. The summed E-state index contributed by atoms with van der Waals surface area (Å²) in [5.41, 5.74) is 1.80. The average molecular weight is 357 g/mol. The van der Waals surface area contributed by atoms with E-state index >= 15 is 0 Å². The molecule has 0 aliphatic heterocycles. The Labute approximate surface area is 148 Å². The van der Waals surface area contributed by atoms with Gasteiger partial charge in [-0.2, -0.15) is 14.9 Å². The Balaban J connectivity index is 1.93. The number of hydrogen-bond donors (Lipinski definition) is 1. The maximum absolute atomic E-state index is 12.5. The van der Waals surface area contributed by atoms with Crippen molar-refractivity contribution in [3.05, 3.63) is 91.6 Å². The molecule has 0 aliphatic carbocycles. The first-order valence-electron chi connectivity index (χ1n) is 7.18. The third-order valence-corrected chi connectivity index (χ3v) is 3.84. The van der Waals surface area contributed by atoms with Gasteiger partial charge in [-0.15, -0.1) is 0 Å². The van der Waals surface area contributed by atoms with Crippen molar-refractivity contribution in [3.8, 4) is 0 Å². The topological polar surface area (TPSA) is 63.0 Å². The van der Waals surface area contributed by atoms with E-state index in [1.54, 1.807) is 30.5 Å². The molecule has 24 heavy (non-hydrogen) atoms. The second kappa shape index (κ2) is 7.33. The molecule has 120 valence electrons. The molecular weight excluding hydrogens is 344 g/mol. The lowest BCUT2D eigenvalue weighted by atomic mass is 10.1. The summed E-state index contributed by atoms with van der Waals surface area (Å²) in [6, 6.07) is 16.7. The van der Waals surface area contributed by atoms with Crippen molar-refractivity contribution in [3.63, 3.8) is 0 Å². The third kappa shape index (κ3) is 3.84. The van der Waals surface area contributed by atoms with Crippen molar-refractivity contribution in [1.82, 2.24) is 14.9 Å². The van der Waals surface area contributed by atoms with E-state index in [1.807, 2.05) is 30.3 Å². The summed E-state index contributed by atoms with van der Waals surface area (Å²) in [7, 11) is 0. The molecule has 0 saturated heterocycles. The first-order chi connectivity index (χ1) is 11.6. The Bertz CT molecular complexity index is 978. The first-order valence-corrected chi connectivity index (χ1v) is 7.96. The lowest BCUT2D eigenvalue weighted by molar-refractivity contribution is 0.710. The molecule has 3 rings (SSSR count). The average Bonchev–Trinajstić information content (AvgIpc) is 2.60. The van der Waals surface area contributed by atoms with Crippen LogP contribution >= 0.6 is 23.8 Å². The van der Waals surface area contributed by atoms with Gasteiger partial charge < -0.3 is 0 Å². The van der Waals surface area contributed by atoms with Crippen LogP contribution in [0.3, 0.4) is 0 Å². The van der Waals surface area contributed by atoms with Crippen LogP contribution in [-0.2, 0) is 6.42 Å². The summed E-state index contributed by atoms with van der Waals surface area (Å²) in [4.78, 5) is 12.5. The molecule has 0 amide bonds. The van der Waals surface area contributed by atoms with E-state index in [1.165, 1.54) is 0 Å². The van der Waals surface area contributed by atoms with Gasteiger partial charge in [0.1, 0.15) is 5.69 Å². The van der Waals surface area contributed by atoms with Crippen LogP contribution in [0.2, 0.25) is 5.02 Å². The fraction of sp³-hybridized carbons (Fsp3) is 0.0588. The fourth-order valence-corrected chi connectivity index (χ4v) is 2.41. The summed E-state index contributed by atoms with van der Waals surface area (Å²) in [5.74, 6) is 0. The Morgan fingerprint density at radius 1 is 1.17 bits per heavy atom. The minimum Gasteiger partial charge on any atom is -0.265 e. The van der Waals surface area contributed by atoms with Gasteiger partial charge in [0, 0.05) is 11.4 Å². The first kappa shape index (κ1) is 16.3. The molecule has 1 N–H and O–H groups in total. The highest BCUT2D eigenvalue weighted by Gasteiger charge is 2.07. The van der Waals surface area contributed by atoms with Gasteiger partial charge in [0.2, 0.25) is 4.77 Å². The number of aromatic nitrogens is 3. The second-order valence-electron chi connectivity index (χ2n) is 5.05. The zero-order valence-corrected chi connectivity index (χ0v) is 14.1. The molecule has 5 nitrogen and oxygen atoms in total. The summed E-state index contributed by atoms with van der Waals surface area (Å²) in [6.45, 7) is 0. The van der Waals surface area contributed by atoms with Crippen molar-refractivity contribution < 1.29 is 0 Å². The van der Waals surface area contributed by atoms with Crippen LogP contribution in [0.25, 0.3) is 0 Å². The molecule has 0 bridgehead atoms. The quantitative estimate of drug-likeness (QED) is 0.575. The fourth-order valence-electron chi connectivity index (χ4n) is 2.11. The van der Waals surface area contributed by atoms with E-state index in [0.29, 0.717) is 17.1 Å². The van der Waals surface area contributed by atoms with E-state index in [0.717, 1.165) is 15.8 Å². The Kier molecular flexibility index (Phi) is 4.98. The summed E-state index contributed by atoms with van der Waals surface area (Å²) >= 11 is 11.0. The van der Waals surface area contributed by atoms with Gasteiger partial charge in [0.05, 0.1) is 6.21 Å². The summed E-state index contributed by atoms with van der Waals surface area (Å²) in [5, 5.41) is 11.5. The third-order valence-electron chi connectivity index (χ3n) is 3.32. The smallest absolute Gasteiger partial charge is 0.265 e. The molecule has 0 spiro atoms. The predicted molar refractivity (Wildman–Crippen MR) is 97.4 cm³/mol. The lowest BCUT2D eigenvalue weighted by Gasteiger charge is -2.03. The summed E-state index contributed by atoms with van der Waals surface area (Å²) < 4.78 is 1.27. The molecule has 0 saturated carbocycles. The van der Waals surface area contributed by atoms with Crippen LogP contribution in [0.15, 0.2) is 64.5 Å². The van der Waals surface area contributed by atoms with Crippen molar-refractivity contribution in [2.45, 2.75) is 6.42 Å². The van der Waals surface area contributed by atoms with Crippen molar-refractivity contribution >= 4 is 30.0 Å². The molecule has 2 aromatic carbocycles. The second-order valence-corrected chi connectivity index (χ2v) is 5.87. The number of benzene rings is 2. The van der Waals surface area contributed by atoms with Crippen LogP contribution in [-0.4, -0.2) is 21.1 Å². The molecule has 7 heteroatoms. The van der Waals surface area contributed by atoms with Crippen LogP contribution in [0.4, 0.5) is 0 Å². The van der Waals surface area contributed by atoms with E-state index < -0.39 is 0 Å². The van der Waals surface area contributed by atoms with Crippen LogP contribution in [0, 0.1) is 4.77 Å². The largest absolute Gasteiger partial charge is 0.297 e.